The number of nitriles is 1. The summed E-state index contributed by atoms with van der Waals surface area (Å²) < 4.78 is 5.20. The predicted molar refractivity (Wildman–Crippen MR) is 96.9 cm³/mol. The Kier molecular flexibility index (Phi) is 3.86. The van der Waals surface area contributed by atoms with Crippen LogP contribution < -0.4 is 11.1 Å². The lowest BCUT2D eigenvalue weighted by atomic mass is 10.0. The molecule has 1 aliphatic carbocycles. The van der Waals surface area contributed by atoms with Gasteiger partial charge in [0.05, 0.1) is 23.5 Å². The van der Waals surface area contributed by atoms with Gasteiger partial charge in [-0.05, 0) is 42.7 Å². The van der Waals surface area contributed by atoms with Crippen LogP contribution in [0.5, 0.6) is 0 Å². The van der Waals surface area contributed by atoms with Crippen molar-refractivity contribution >= 4 is 17.1 Å². The maximum Gasteiger partial charge on any atom is 0.181 e. The molecule has 0 saturated heterocycles. The van der Waals surface area contributed by atoms with Gasteiger partial charge in [0.2, 0.25) is 0 Å². The molecular formula is C19H16N6O. The van der Waals surface area contributed by atoms with Crippen molar-refractivity contribution in [2.75, 3.05) is 11.1 Å². The average Bonchev–Trinajstić information content (AvgIpc) is 3.32. The predicted octanol–water partition coefficient (Wildman–Crippen LogP) is 3.04. The van der Waals surface area contributed by atoms with Gasteiger partial charge in [-0.1, -0.05) is 0 Å². The van der Waals surface area contributed by atoms with Crippen molar-refractivity contribution in [3.05, 3.63) is 71.2 Å². The molecule has 1 aliphatic rings. The molecule has 0 aliphatic heterocycles. The number of nitrogens with two attached hydrogens (primary N) is 1. The number of aryl methyl sites for hydroxylation is 1. The Balaban J connectivity index is 1.60. The van der Waals surface area contributed by atoms with Crippen molar-refractivity contribution in [1.82, 2.24) is 9.97 Å². The summed E-state index contributed by atoms with van der Waals surface area (Å²) in [6.45, 7) is 0. The van der Waals surface area contributed by atoms with E-state index in [4.69, 9.17) is 20.8 Å². The highest BCUT2D eigenvalue weighted by atomic mass is 16.3. The monoisotopic (exact) mass is 344 g/mol. The molecule has 0 radical (unpaired) electrons. The highest BCUT2D eigenvalue weighted by molar-refractivity contribution is 6.12. The maximum atomic E-state index is 9.01. The summed E-state index contributed by atoms with van der Waals surface area (Å²) in [5.74, 6) is 0.366. The first-order chi connectivity index (χ1) is 12.7. The largest absolute Gasteiger partial charge is 0.442 e. The molecule has 1 aromatic carbocycles. The molecule has 7 heteroatoms. The van der Waals surface area contributed by atoms with Gasteiger partial charge in [0.25, 0.3) is 0 Å². The van der Waals surface area contributed by atoms with Crippen LogP contribution in [0.1, 0.15) is 40.6 Å². The second-order valence-electron chi connectivity index (χ2n) is 6.16. The minimum absolute atomic E-state index is 0.0636. The fourth-order valence-electron chi connectivity index (χ4n) is 3.21. The molecule has 26 heavy (non-hydrogen) atoms. The van der Waals surface area contributed by atoms with E-state index in [2.05, 4.69) is 21.4 Å². The second kappa shape index (κ2) is 6.33. The van der Waals surface area contributed by atoms with Crippen LogP contribution in [-0.4, -0.2) is 15.7 Å². The van der Waals surface area contributed by atoms with E-state index in [1.165, 1.54) is 12.6 Å². The molecule has 7 nitrogen and oxygen atoms in total. The molecule has 0 bridgehead atoms. The van der Waals surface area contributed by atoms with Crippen molar-refractivity contribution in [1.29, 1.82) is 10.7 Å². The zero-order valence-corrected chi connectivity index (χ0v) is 13.9. The molecule has 0 unspecified atom stereocenters. The number of aromatic nitrogens is 2. The van der Waals surface area contributed by atoms with E-state index in [-0.39, 0.29) is 11.8 Å². The molecule has 2 heterocycles. The quantitative estimate of drug-likeness (QED) is 0.493. The molecule has 2 aromatic heterocycles. The van der Waals surface area contributed by atoms with Crippen LogP contribution in [0.4, 0.5) is 11.4 Å². The van der Waals surface area contributed by atoms with Crippen LogP contribution in [-0.2, 0) is 6.42 Å². The SMILES string of the molecule is N#Cc1cnc2c(c1)CC[C@H]2Nc1ccc(N)c(C(=N)c2cnco2)c1. The van der Waals surface area contributed by atoms with E-state index in [0.717, 1.165) is 29.8 Å². The fourth-order valence-corrected chi connectivity index (χ4v) is 3.21. The third-order valence-electron chi connectivity index (χ3n) is 4.51. The number of hydrogen-bond donors (Lipinski definition) is 3. The fraction of sp³-hybridized carbons (Fsp3) is 0.158. The molecular weight excluding hydrogens is 328 g/mol. The van der Waals surface area contributed by atoms with Gasteiger partial charge in [-0.15, -0.1) is 0 Å². The number of nitrogens with zero attached hydrogens (tertiary/aromatic N) is 3. The van der Waals surface area contributed by atoms with Crippen molar-refractivity contribution in [2.24, 2.45) is 0 Å². The summed E-state index contributed by atoms with van der Waals surface area (Å²) in [7, 11) is 0. The van der Waals surface area contributed by atoms with Crippen LogP contribution in [0.25, 0.3) is 0 Å². The Morgan fingerprint density at radius 3 is 3.00 bits per heavy atom. The van der Waals surface area contributed by atoms with Crippen molar-refractivity contribution < 1.29 is 4.42 Å². The van der Waals surface area contributed by atoms with E-state index in [1.54, 1.807) is 12.3 Å². The van der Waals surface area contributed by atoms with Crippen molar-refractivity contribution in [2.45, 2.75) is 18.9 Å². The lowest BCUT2D eigenvalue weighted by molar-refractivity contribution is 0.548. The summed E-state index contributed by atoms with van der Waals surface area (Å²) in [5, 5.41) is 20.8. The molecule has 0 fully saturated rings. The highest BCUT2D eigenvalue weighted by Crippen LogP contribution is 2.33. The average molecular weight is 344 g/mol. The van der Waals surface area contributed by atoms with Gasteiger partial charge < -0.3 is 15.5 Å². The third kappa shape index (κ3) is 2.78. The lowest BCUT2D eigenvalue weighted by Crippen LogP contribution is -2.11. The molecule has 4 rings (SSSR count). The van der Waals surface area contributed by atoms with Crippen LogP contribution in [0.3, 0.4) is 0 Å². The standard InChI is InChI=1S/C19H16N6O/c20-7-11-5-12-1-4-16(19(12)24-8-11)25-13-2-3-15(21)14(6-13)18(22)17-9-23-10-26-17/h2-3,5-6,8-10,16,22,25H,1,4,21H2/t16-/m1/s1. The van der Waals surface area contributed by atoms with Gasteiger partial charge in [-0.2, -0.15) is 5.26 Å². The molecule has 0 saturated carbocycles. The molecule has 3 aromatic rings. The maximum absolute atomic E-state index is 9.01. The number of hydrogen-bond acceptors (Lipinski definition) is 7. The Bertz CT molecular complexity index is 1020. The minimum atomic E-state index is 0.0636. The number of nitrogens with one attached hydrogen (secondary N) is 2. The minimum Gasteiger partial charge on any atom is -0.442 e. The topological polar surface area (TPSA) is 125 Å². The van der Waals surface area contributed by atoms with E-state index in [1.807, 2.05) is 18.2 Å². The summed E-state index contributed by atoms with van der Waals surface area (Å²) in [6, 6.07) is 9.58. The Morgan fingerprint density at radius 2 is 2.23 bits per heavy atom. The molecule has 1 atom stereocenters. The highest BCUT2D eigenvalue weighted by Gasteiger charge is 2.24. The normalized spacial score (nSPS) is 15.3. The Labute approximate surface area is 150 Å². The first-order valence-corrected chi connectivity index (χ1v) is 8.18. The van der Waals surface area contributed by atoms with Gasteiger partial charge in [0, 0.05) is 23.1 Å². The van der Waals surface area contributed by atoms with Gasteiger partial charge in [-0.3, -0.25) is 10.4 Å². The van der Waals surface area contributed by atoms with Gasteiger partial charge >= 0.3 is 0 Å². The molecule has 0 spiro atoms. The number of oxazole rings is 1. The summed E-state index contributed by atoms with van der Waals surface area (Å²) in [5.41, 5.74) is 10.8. The van der Waals surface area contributed by atoms with E-state index in [9.17, 15) is 0 Å². The van der Waals surface area contributed by atoms with E-state index in [0.29, 0.717) is 22.6 Å². The number of nitrogen functional groups attached to an aromatic ring is 1. The molecule has 0 amide bonds. The Morgan fingerprint density at radius 1 is 1.35 bits per heavy atom. The number of pyridine rings is 1. The zero-order valence-electron chi connectivity index (χ0n) is 13.9. The number of anilines is 2. The van der Waals surface area contributed by atoms with Crippen molar-refractivity contribution in [3.63, 3.8) is 0 Å². The number of fused-ring (bicyclic) bond motifs is 1. The van der Waals surface area contributed by atoms with Crippen molar-refractivity contribution in [3.8, 4) is 6.07 Å². The van der Waals surface area contributed by atoms with Crippen LogP contribution >= 0.6 is 0 Å². The smallest absolute Gasteiger partial charge is 0.181 e. The number of rotatable bonds is 4. The van der Waals surface area contributed by atoms with Gasteiger partial charge in [-0.25, -0.2) is 4.98 Å². The van der Waals surface area contributed by atoms with Gasteiger partial charge in [0.1, 0.15) is 11.8 Å². The second-order valence-corrected chi connectivity index (χ2v) is 6.16. The summed E-state index contributed by atoms with van der Waals surface area (Å²) >= 11 is 0. The molecule has 4 N–H and O–H groups in total. The van der Waals surface area contributed by atoms with Crippen LogP contribution in [0.2, 0.25) is 0 Å². The first-order valence-electron chi connectivity index (χ1n) is 8.18. The van der Waals surface area contributed by atoms with Gasteiger partial charge in [0.15, 0.2) is 12.2 Å². The first kappa shape index (κ1) is 15.8. The van der Waals surface area contributed by atoms with Crippen LogP contribution in [0.15, 0.2) is 47.5 Å². The summed E-state index contributed by atoms with van der Waals surface area (Å²) in [4.78, 5) is 8.30. The number of benzene rings is 1. The zero-order chi connectivity index (χ0) is 18.1. The molecule has 128 valence electrons. The van der Waals surface area contributed by atoms with E-state index >= 15 is 0 Å². The third-order valence-corrected chi connectivity index (χ3v) is 4.51. The van der Waals surface area contributed by atoms with Crippen LogP contribution in [0, 0.1) is 16.7 Å². The van der Waals surface area contributed by atoms with E-state index < -0.39 is 0 Å². The lowest BCUT2D eigenvalue weighted by Gasteiger charge is -2.16. The summed E-state index contributed by atoms with van der Waals surface area (Å²) in [6.07, 6.45) is 6.17. The Hall–Kier alpha value is -3.66.